The zero-order valence-corrected chi connectivity index (χ0v) is 12.1. The summed E-state index contributed by atoms with van der Waals surface area (Å²) >= 11 is 7.56. The third kappa shape index (κ3) is 5.30. The summed E-state index contributed by atoms with van der Waals surface area (Å²) in [4.78, 5) is 1.17. The lowest BCUT2D eigenvalue weighted by atomic mass is 10.1. The molecule has 0 aliphatic heterocycles. The molecule has 0 spiro atoms. The van der Waals surface area contributed by atoms with Crippen molar-refractivity contribution in [2.24, 2.45) is 0 Å². The first-order valence-electron chi connectivity index (χ1n) is 5.72. The number of thioether (sulfide) groups is 1. The molecule has 1 aromatic carbocycles. The van der Waals surface area contributed by atoms with Crippen LogP contribution in [0.2, 0.25) is 5.02 Å². The summed E-state index contributed by atoms with van der Waals surface area (Å²) in [5.41, 5.74) is -0.252. The predicted molar refractivity (Wildman–Crippen MR) is 75.9 cm³/mol. The second-order valence-electron chi connectivity index (χ2n) is 4.76. The highest BCUT2D eigenvalue weighted by molar-refractivity contribution is 7.99. The predicted octanol–water partition coefficient (Wildman–Crippen LogP) is 3.18. The fraction of sp³-hybridized carbons (Fsp3) is 0.538. The van der Waals surface area contributed by atoms with Crippen LogP contribution in [0.4, 0.5) is 0 Å². The second kappa shape index (κ2) is 6.64. The maximum Gasteiger partial charge on any atom is 0.0618 e. The normalized spacial score (nSPS) is 14.9. The van der Waals surface area contributed by atoms with Gasteiger partial charge in [-0.2, -0.15) is 0 Å². The average Bonchev–Trinajstić information content (AvgIpc) is 2.27. The Kier molecular flexibility index (Phi) is 5.80. The highest BCUT2D eigenvalue weighted by atomic mass is 35.5. The van der Waals surface area contributed by atoms with Gasteiger partial charge in [-0.15, -0.1) is 11.8 Å². The minimum atomic E-state index is -0.252. The summed E-state index contributed by atoms with van der Waals surface area (Å²) in [6.07, 6.45) is 0. The van der Waals surface area contributed by atoms with Crippen LogP contribution in [0, 0.1) is 0 Å². The minimum absolute atomic E-state index is 0.131. The fourth-order valence-electron chi connectivity index (χ4n) is 1.60. The first-order valence-corrected chi connectivity index (χ1v) is 7.08. The molecule has 1 atom stereocenters. The molecule has 0 aliphatic carbocycles. The van der Waals surface area contributed by atoms with Crippen LogP contribution >= 0.6 is 23.4 Å². The quantitative estimate of drug-likeness (QED) is 0.781. The van der Waals surface area contributed by atoms with Crippen LogP contribution in [0.3, 0.4) is 0 Å². The molecule has 0 saturated heterocycles. The van der Waals surface area contributed by atoms with Gasteiger partial charge >= 0.3 is 0 Å². The molecule has 0 bridgehead atoms. The zero-order chi connectivity index (χ0) is 12.9. The van der Waals surface area contributed by atoms with Gasteiger partial charge in [0.25, 0.3) is 0 Å². The molecule has 0 aromatic heterocycles. The van der Waals surface area contributed by atoms with E-state index < -0.39 is 0 Å². The number of hydrogen-bond donors (Lipinski definition) is 2. The van der Waals surface area contributed by atoms with Crippen LogP contribution in [0.15, 0.2) is 29.2 Å². The van der Waals surface area contributed by atoms with Crippen LogP contribution in [0.1, 0.15) is 20.8 Å². The maximum atomic E-state index is 9.46. The number of aliphatic hydroxyl groups is 1. The molecule has 2 nitrogen and oxygen atoms in total. The SMILES string of the molecule is CC(C)NC(C)(CO)CSc1ccc(Cl)cc1. The van der Waals surface area contributed by atoms with Crippen molar-refractivity contribution in [3.63, 3.8) is 0 Å². The van der Waals surface area contributed by atoms with Gasteiger partial charge in [0.1, 0.15) is 0 Å². The van der Waals surface area contributed by atoms with E-state index in [0.717, 1.165) is 10.8 Å². The van der Waals surface area contributed by atoms with E-state index in [1.807, 2.05) is 31.2 Å². The maximum absolute atomic E-state index is 9.46. The smallest absolute Gasteiger partial charge is 0.0618 e. The van der Waals surface area contributed by atoms with Crippen LogP contribution in [-0.2, 0) is 0 Å². The van der Waals surface area contributed by atoms with Crippen molar-refractivity contribution in [3.8, 4) is 0 Å². The standard InChI is InChI=1S/C13H20ClNOS/c1-10(2)15-13(3,8-16)9-17-12-6-4-11(14)5-7-12/h4-7,10,15-16H,8-9H2,1-3H3. The van der Waals surface area contributed by atoms with E-state index >= 15 is 0 Å². The van der Waals surface area contributed by atoms with E-state index in [2.05, 4.69) is 19.2 Å². The molecule has 2 N–H and O–H groups in total. The molecule has 1 rings (SSSR count). The Morgan fingerprint density at radius 2 is 1.94 bits per heavy atom. The molecule has 4 heteroatoms. The molecule has 1 unspecified atom stereocenters. The van der Waals surface area contributed by atoms with E-state index in [-0.39, 0.29) is 12.1 Å². The zero-order valence-electron chi connectivity index (χ0n) is 10.5. The molecule has 0 radical (unpaired) electrons. The van der Waals surface area contributed by atoms with Gasteiger partial charge in [0.05, 0.1) is 6.61 Å². The van der Waals surface area contributed by atoms with E-state index in [4.69, 9.17) is 11.6 Å². The van der Waals surface area contributed by atoms with E-state index in [1.165, 1.54) is 4.90 Å². The molecular formula is C13H20ClNOS. The number of aliphatic hydroxyl groups excluding tert-OH is 1. The Labute approximate surface area is 113 Å². The Hall–Kier alpha value is -0.220. The van der Waals surface area contributed by atoms with Gasteiger partial charge in [0, 0.05) is 27.3 Å². The van der Waals surface area contributed by atoms with Crippen molar-refractivity contribution in [2.75, 3.05) is 12.4 Å². The van der Waals surface area contributed by atoms with Gasteiger partial charge in [0.2, 0.25) is 0 Å². The lowest BCUT2D eigenvalue weighted by molar-refractivity contribution is 0.183. The summed E-state index contributed by atoms with van der Waals surface area (Å²) in [6.45, 7) is 6.34. The topological polar surface area (TPSA) is 32.3 Å². The Balaban J connectivity index is 2.55. The minimum Gasteiger partial charge on any atom is -0.394 e. The molecular weight excluding hydrogens is 254 g/mol. The Morgan fingerprint density at radius 3 is 2.41 bits per heavy atom. The fourth-order valence-corrected chi connectivity index (χ4v) is 2.72. The first-order chi connectivity index (χ1) is 7.95. The van der Waals surface area contributed by atoms with Crippen molar-refractivity contribution in [1.82, 2.24) is 5.32 Å². The van der Waals surface area contributed by atoms with Crippen molar-refractivity contribution in [3.05, 3.63) is 29.3 Å². The molecule has 1 aromatic rings. The molecule has 0 heterocycles. The number of hydrogen-bond acceptors (Lipinski definition) is 3. The first kappa shape index (κ1) is 14.8. The molecule has 0 fully saturated rings. The summed E-state index contributed by atoms with van der Waals surface area (Å²) in [6, 6.07) is 8.13. The van der Waals surface area contributed by atoms with Crippen molar-refractivity contribution >= 4 is 23.4 Å². The molecule has 0 aliphatic rings. The van der Waals surface area contributed by atoms with Gasteiger partial charge in [-0.1, -0.05) is 25.4 Å². The number of benzene rings is 1. The summed E-state index contributed by atoms with van der Waals surface area (Å²) in [5, 5.41) is 13.6. The van der Waals surface area contributed by atoms with Crippen LogP contribution in [0.25, 0.3) is 0 Å². The van der Waals surface area contributed by atoms with E-state index in [0.29, 0.717) is 6.04 Å². The van der Waals surface area contributed by atoms with Gasteiger partial charge < -0.3 is 10.4 Å². The highest BCUT2D eigenvalue weighted by Crippen LogP contribution is 2.24. The summed E-state index contributed by atoms with van der Waals surface area (Å²) in [7, 11) is 0. The van der Waals surface area contributed by atoms with Gasteiger partial charge in [-0.3, -0.25) is 0 Å². The summed E-state index contributed by atoms with van der Waals surface area (Å²) in [5.74, 6) is 0.823. The number of nitrogens with one attached hydrogen (secondary N) is 1. The van der Waals surface area contributed by atoms with Gasteiger partial charge in [0.15, 0.2) is 0 Å². The molecule has 17 heavy (non-hydrogen) atoms. The van der Waals surface area contributed by atoms with Crippen LogP contribution < -0.4 is 5.32 Å². The summed E-state index contributed by atoms with van der Waals surface area (Å²) < 4.78 is 0. The highest BCUT2D eigenvalue weighted by Gasteiger charge is 2.23. The van der Waals surface area contributed by atoms with Gasteiger partial charge in [-0.05, 0) is 31.2 Å². The monoisotopic (exact) mass is 273 g/mol. The largest absolute Gasteiger partial charge is 0.394 e. The third-order valence-electron chi connectivity index (χ3n) is 2.36. The Morgan fingerprint density at radius 1 is 1.35 bits per heavy atom. The van der Waals surface area contributed by atoms with Gasteiger partial charge in [-0.25, -0.2) is 0 Å². The Bertz CT molecular complexity index is 342. The second-order valence-corrected chi connectivity index (χ2v) is 6.25. The third-order valence-corrected chi connectivity index (χ3v) is 4.00. The lowest BCUT2D eigenvalue weighted by Crippen LogP contribution is -2.51. The van der Waals surface area contributed by atoms with Crippen LogP contribution in [0.5, 0.6) is 0 Å². The molecule has 0 amide bonds. The van der Waals surface area contributed by atoms with Crippen molar-refractivity contribution in [1.29, 1.82) is 0 Å². The van der Waals surface area contributed by atoms with Crippen LogP contribution in [-0.4, -0.2) is 29.0 Å². The molecule has 0 saturated carbocycles. The average molecular weight is 274 g/mol. The van der Waals surface area contributed by atoms with E-state index in [1.54, 1.807) is 11.8 Å². The van der Waals surface area contributed by atoms with Crippen molar-refractivity contribution in [2.45, 2.75) is 37.2 Å². The number of halogens is 1. The number of rotatable bonds is 6. The van der Waals surface area contributed by atoms with E-state index in [9.17, 15) is 5.11 Å². The van der Waals surface area contributed by atoms with Crippen molar-refractivity contribution < 1.29 is 5.11 Å². The lowest BCUT2D eigenvalue weighted by Gasteiger charge is -2.30. The molecule has 96 valence electrons.